The summed E-state index contributed by atoms with van der Waals surface area (Å²) >= 11 is 1.37. The standard InChI is InChI=1S/C25H25N3O3S/c1-13-9-10-18(12-15(13)3)19-17(5)32-24(20(19)25(30)31-6)27-23(29)21-16(4)26-22-14(2)8-7-11-28(21)22/h7-12H,1-6H3,(H,27,29). The minimum atomic E-state index is -0.483. The zero-order chi connectivity index (χ0) is 23.2. The molecule has 0 radical (unpaired) electrons. The SMILES string of the molecule is COC(=O)c1c(NC(=O)c2c(C)nc3c(C)cccn23)sc(C)c1-c1ccc(C)c(C)c1. The average Bonchev–Trinajstić information content (AvgIpc) is 3.26. The van der Waals surface area contributed by atoms with Crippen molar-refractivity contribution in [2.45, 2.75) is 34.6 Å². The Bertz CT molecular complexity index is 1380. The molecule has 0 aliphatic carbocycles. The largest absolute Gasteiger partial charge is 0.465 e. The van der Waals surface area contributed by atoms with Crippen LogP contribution in [-0.2, 0) is 4.74 Å². The van der Waals surface area contributed by atoms with Crippen molar-refractivity contribution in [3.05, 3.63) is 75.0 Å². The predicted octanol–water partition coefficient (Wildman–Crippen LogP) is 5.64. The Morgan fingerprint density at radius 1 is 1.03 bits per heavy atom. The first-order chi connectivity index (χ1) is 15.2. The number of benzene rings is 1. The zero-order valence-corrected chi connectivity index (χ0v) is 19.8. The number of ether oxygens (including phenoxy) is 1. The Balaban J connectivity index is 1.82. The molecule has 1 N–H and O–H groups in total. The molecule has 0 bridgehead atoms. The van der Waals surface area contributed by atoms with Crippen molar-refractivity contribution in [3.63, 3.8) is 0 Å². The lowest BCUT2D eigenvalue weighted by Gasteiger charge is -2.10. The molecule has 0 fully saturated rings. The monoisotopic (exact) mass is 447 g/mol. The summed E-state index contributed by atoms with van der Waals surface area (Å²) in [5.74, 6) is -0.803. The average molecular weight is 448 g/mol. The number of esters is 1. The maximum atomic E-state index is 13.3. The molecule has 1 amide bonds. The lowest BCUT2D eigenvalue weighted by molar-refractivity contribution is 0.0603. The number of fused-ring (bicyclic) bond motifs is 1. The molecular formula is C25H25N3O3S. The van der Waals surface area contributed by atoms with Gasteiger partial charge in [0.2, 0.25) is 0 Å². The van der Waals surface area contributed by atoms with Crippen LogP contribution < -0.4 is 5.32 Å². The van der Waals surface area contributed by atoms with Gasteiger partial charge >= 0.3 is 5.97 Å². The normalized spacial score (nSPS) is 11.1. The van der Waals surface area contributed by atoms with Gasteiger partial charge in [-0.3, -0.25) is 9.20 Å². The molecule has 6 nitrogen and oxygen atoms in total. The van der Waals surface area contributed by atoms with Crippen molar-refractivity contribution in [1.29, 1.82) is 0 Å². The topological polar surface area (TPSA) is 72.7 Å². The van der Waals surface area contributed by atoms with Gasteiger partial charge in [0, 0.05) is 16.6 Å². The number of methoxy groups -OCH3 is 1. The van der Waals surface area contributed by atoms with Gasteiger partial charge in [-0.15, -0.1) is 11.3 Å². The van der Waals surface area contributed by atoms with E-state index >= 15 is 0 Å². The van der Waals surface area contributed by atoms with Crippen LogP contribution in [0, 0.1) is 34.6 Å². The molecule has 1 aromatic carbocycles. The fourth-order valence-electron chi connectivity index (χ4n) is 3.93. The highest BCUT2D eigenvalue weighted by Crippen LogP contribution is 2.41. The molecule has 0 aliphatic rings. The van der Waals surface area contributed by atoms with E-state index in [0.717, 1.165) is 32.8 Å². The summed E-state index contributed by atoms with van der Waals surface area (Å²) in [6, 6.07) is 9.92. The van der Waals surface area contributed by atoms with Crippen LogP contribution in [-0.4, -0.2) is 28.4 Å². The van der Waals surface area contributed by atoms with Gasteiger partial charge in [-0.05, 0) is 62.9 Å². The van der Waals surface area contributed by atoms with E-state index in [2.05, 4.69) is 16.4 Å². The number of thiophene rings is 1. The first-order valence-corrected chi connectivity index (χ1v) is 11.1. The summed E-state index contributed by atoms with van der Waals surface area (Å²) in [6.45, 7) is 9.79. The van der Waals surface area contributed by atoms with E-state index in [4.69, 9.17) is 4.74 Å². The molecule has 0 saturated carbocycles. The second-order valence-electron chi connectivity index (χ2n) is 7.91. The first kappa shape index (κ1) is 21.8. The number of imidazole rings is 1. The number of hydrogen-bond acceptors (Lipinski definition) is 5. The number of nitrogens with one attached hydrogen (secondary N) is 1. The number of rotatable bonds is 4. The molecule has 0 atom stereocenters. The van der Waals surface area contributed by atoms with E-state index in [9.17, 15) is 9.59 Å². The third kappa shape index (κ3) is 3.58. The van der Waals surface area contributed by atoms with Gasteiger partial charge in [-0.1, -0.05) is 24.3 Å². The maximum Gasteiger partial charge on any atom is 0.341 e. The second kappa shape index (κ2) is 8.24. The van der Waals surface area contributed by atoms with Gasteiger partial charge < -0.3 is 10.1 Å². The minimum absolute atomic E-state index is 0.321. The molecule has 3 heterocycles. The van der Waals surface area contributed by atoms with Crippen LogP contribution >= 0.6 is 11.3 Å². The fourth-order valence-corrected chi connectivity index (χ4v) is 4.99. The quantitative estimate of drug-likeness (QED) is 0.411. The highest BCUT2D eigenvalue weighted by atomic mass is 32.1. The summed E-state index contributed by atoms with van der Waals surface area (Å²) < 4.78 is 6.87. The first-order valence-electron chi connectivity index (χ1n) is 10.3. The number of carbonyl (C=O) groups is 2. The second-order valence-corrected chi connectivity index (χ2v) is 9.14. The number of aromatic nitrogens is 2. The fraction of sp³-hybridized carbons (Fsp3) is 0.240. The van der Waals surface area contributed by atoms with E-state index in [1.807, 2.05) is 65.1 Å². The Morgan fingerprint density at radius 2 is 1.78 bits per heavy atom. The molecule has 3 aromatic heterocycles. The Morgan fingerprint density at radius 3 is 2.47 bits per heavy atom. The molecular weight excluding hydrogens is 422 g/mol. The predicted molar refractivity (Wildman–Crippen MR) is 128 cm³/mol. The van der Waals surface area contributed by atoms with E-state index < -0.39 is 5.97 Å². The van der Waals surface area contributed by atoms with Crippen LogP contribution in [0.15, 0.2) is 36.5 Å². The third-order valence-corrected chi connectivity index (χ3v) is 6.75. The smallest absolute Gasteiger partial charge is 0.341 e. The third-order valence-electron chi connectivity index (χ3n) is 5.73. The number of pyridine rings is 1. The van der Waals surface area contributed by atoms with Gasteiger partial charge in [0.1, 0.15) is 21.9 Å². The minimum Gasteiger partial charge on any atom is -0.465 e. The summed E-state index contributed by atoms with van der Waals surface area (Å²) in [6.07, 6.45) is 1.82. The van der Waals surface area contributed by atoms with Crippen molar-refractivity contribution in [3.8, 4) is 11.1 Å². The molecule has 0 spiro atoms. The number of nitrogens with zero attached hydrogens (tertiary/aromatic N) is 2. The molecule has 164 valence electrons. The molecule has 0 saturated heterocycles. The van der Waals surface area contributed by atoms with Crippen molar-refractivity contribution in [2.24, 2.45) is 0 Å². The molecule has 4 rings (SSSR count). The van der Waals surface area contributed by atoms with Gasteiger partial charge in [-0.2, -0.15) is 0 Å². The highest BCUT2D eigenvalue weighted by molar-refractivity contribution is 7.17. The van der Waals surface area contributed by atoms with E-state index in [1.165, 1.54) is 24.0 Å². The molecule has 4 aromatic rings. The van der Waals surface area contributed by atoms with Crippen molar-refractivity contribution < 1.29 is 14.3 Å². The van der Waals surface area contributed by atoms with Gasteiger partial charge in [0.25, 0.3) is 5.91 Å². The number of carbonyl (C=O) groups excluding carboxylic acids is 2. The maximum absolute atomic E-state index is 13.3. The summed E-state index contributed by atoms with van der Waals surface area (Å²) in [5.41, 5.74) is 7.16. The number of amides is 1. The zero-order valence-electron chi connectivity index (χ0n) is 19.0. The van der Waals surface area contributed by atoms with Gasteiger partial charge in [0.15, 0.2) is 0 Å². The number of aryl methyl sites for hydroxylation is 5. The van der Waals surface area contributed by atoms with Crippen LogP contribution in [0.4, 0.5) is 5.00 Å². The summed E-state index contributed by atoms with van der Waals surface area (Å²) in [5, 5.41) is 3.42. The molecule has 0 unspecified atom stereocenters. The molecule has 7 heteroatoms. The molecule has 0 aliphatic heterocycles. The van der Waals surface area contributed by atoms with E-state index in [0.29, 0.717) is 22.0 Å². The van der Waals surface area contributed by atoms with Crippen LogP contribution in [0.5, 0.6) is 0 Å². The lowest BCUT2D eigenvalue weighted by atomic mass is 9.97. The Hall–Kier alpha value is -3.45. The van der Waals surface area contributed by atoms with E-state index in [1.54, 1.807) is 4.40 Å². The Kier molecular flexibility index (Phi) is 5.60. The highest BCUT2D eigenvalue weighted by Gasteiger charge is 2.27. The van der Waals surface area contributed by atoms with Crippen LogP contribution in [0.1, 0.15) is 48.1 Å². The van der Waals surface area contributed by atoms with Gasteiger partial charge in [0.05, 0.1) is 12.8 Å². The van der Waals surface area contributed by atoms with Crippen molar-refractivity contribution in [2.75, 3.05) is 12.4 Å². The van der Waals surface area contributed by atoms with Crippen LogP contribution in [0.25, 0.3) is 16.8 Å². The van der Waals surface area contributed by atoms with Gasteiger partial charge in [-0.25, -0.2) is 9.78 Å². The Labute approximate surface area is 190 Å². The van der Waals surface area contributed by atoms with Crippen LogP contribution in [0.3, 0.4) is 0 Å². The number of hydrogen-bond donors (Lipinski definition) is 1. The number of anilines is 1. The van der Waals surface area contributed by atoms with E-state index in [-0.39, 0.29) is 5.91 Å². The lowest BCUT2D eigenvalue weighted by Crippen LogP contribution is -2.17. The van der Waals surface area contributed by atoms with Crippen LogP contribution in [0.2, 0.25) is 0 Å². The molecule has 32 heavy (non-hydrogen) atoms. The van der Waals surface area contributed by atoms with Crippen molar-refractivity contribution in [1.82, 2.24) is 9.38 Å². The summed E-state index contributed by atoms with van der Waals surface area (Å²) in [4.78, 5) is 31.6. The van der Waals surface area contributed by atoms with Crippen molar-refractivity contribution >= 4 is 33.9 Å². The summed E-state index contributed by atoms with van der Waals surface area (Å²) in [7, 11) is 1.35.